The van der Waals surface area contributed by atoms with E-state index in [9.17, 15) is 9.59 Å². The molecule has 0 saturated carbocycles. The summed E-state index contributed by atoms with van der Waals surface area (Å²) in [6.45, 7) is 0.429. The first-order valence-electron chi connectivity index (χ1n) is 8.69. The van der Waals surface area contributed by atoms with Crippen LogP contribution < -0.4 is 21.5 Å². The monoisotopic (exact) mass is 382 g/mol. The van der Waals surface area contributed by atoms with E-state index in [1.165, 1.54) is 7.05 Å². The molecule has 8 nitrogen and oxygen atoms in total. The van der Waals surface area contributed by atoms with Gasteiger partial charge in [-0.3, -0.25) is 14.6 Å². The van der Waals surface area contributed by atoms with Crippen molar-refractivity contribution in [3.05, 3.63) is 59.7 Å². The maximum atomic E-state index is 12.7. The van der Waals surface area contributed by atoms with Crippen LogP contribution in [0.1, 0.15) is 11.1 Å². The van der Waals surface area contributed by atoms with Crippen LogP contribution in [-0.4, -0.2) is 43.3 Å². The lowest BCUT2D eigenvalue weighted by Crippen LogP contribution is -2.70. The van der Waals surface area contributed by atoms with E-state index in [0.29, 0.717) is 23.6 Å². The van der Waals surface area contributed by atoms with E-state index >= 15 is 0 Å². The number of aliphatic imine (C=N–C) groups is 1. The Labute approximate surface area is 162 Å². The number of amides is 2. The van der Waals surface area contributed by atoms with Crippen LogP contribution in [-0.2, 0) is 20.9 Å². The summed E-state index contributed by atoms with van der Waals surface area (Å²) in [7, 11) is 1.47. The molecule has 2 aromatic carbocycles. The van der Waals surface area contributed by atoms with Crippen molar-refractivity contribution >= 4 is 23.2 Å². The van der Waals surface area contributed by atoms with Crippen molar-refractivity contribution in [3.8, 4) is 5.75 Å². The van der Waals surface area contributed by atoms with Gasteiger partial charge in [-0.05, 0) is 23.8 Å². The average molecular weight is 382 g/mol. The molecule has 1 heterocycles. The number of anilines is 1. The van der Waals surface area contributed by atoms with Gasteiger partial charge in [0, 0.05) is 18.3 Å². The van der Waals surface area contributed by atoms with Crippen molar-refractivity contribution < 1.29 is 19.1 Å². The quantitative estimate of drug-likeness (QED) is 0.478. The zero-order valence-corrected chi connectivity index (χ0v) is 15.5. The fourth-order valence-electron chi connectivity index (χ4n) is 2.77. The summed E-state index contributed by atoms with van der Waals surface area (Å²) < 4.78 is 10.8. The van der Waals surface area contributed by atoms with Gasteiger partial charge in [-0.15, -0.1) is 0 Å². The van der Waals surface area contributed by atoms with Crippen molar-refractivity contribution in [2.24, 2.45) is 10.7 Å². The maximum absolute atomic E-state index is 12.7. The second kappa shape index (κ2) is 8.10. The van der Waals surface area contributed by atoms with Crippen molar-refractivity contribution in [2.75, 3.05) is 26.0 Å². The number of ether oxygens (including phenoxy) is 2. The Bertz CT molecular complexity index is 908. The van der Waals surface area contributed by atoms with Gasteiger partial charge < -0.3 is 26.3 Å². The summed E-state index contributed by atoms with van der Waals surface area (Å²) >= 11 is 0. The smallest absolute Gasteiger partial charge is 0.271 e. The molecule has 0 atom stereocenters. The second-order valence-electron chi connectivity index (χ2n) is 6.49. The number of hydrogen-bond acceptors (Lipinski definition) is 6. The number of carbonyl (C=O) groups is 2. The van der Waals surface area contributed by atoms with Gasteiger partial charge in [-0.1, -0.05) is 30.3 Å². The third kappa shape index (κ3) is 3.96. The van der Waals surface area contributed by atoms with E-state index in [1.54, 1.807) is 18.2 Å². The first-order valence-corrected chi connectivity index (χ1v) is 8.69. The summed E-state index contributed by atoms with van der Waals surface area (Å²) in [6, 6.07) is 14.7. The minimum Gasteiger partial charge on any atom is -0.489 e. The molecular weight excluding hydrogens is 360 g/mol. The zero-order valence-electron chi connectivity index (χ0n) is 15.5. The van der Waals surface area contributed by atoms with E-state index < -0.39 is 17.4 Å². The van der Waals surface area contributed by atoms with Gasteiger partial charge >= 0.3 is 0 Å². The molecule has 1 aliphatic rings. The molecule has 146 valence electrons. The molecule has 28 heavy (non-hydrogen) atoms. The van der Waals surface area contributed by atoms with Crippen LogP contribution in [0.25, 0.3) is 0 Å². The minimum absolute atomic E-state index is 0.0285. The highest BCUT2D eigenvalue weighted by Gasteiger charge is 2.46. The summed E-state index contributed by atoms with van der Waals surface area (Å²) in [5, 5.41) is 2.62. The molecule has 1 aliphatic heterocycles. The fourth-order valence-corrected chi connectivity index (χ4v) is 2.77. The lowest BCUT2D eigenvalue weighted by molar-refractivity contribution is -0.149. The van der Waals surface area contributed by atoms with E-state index in [-0.39, 0.29) is 18.9 Å². The SMILES string of the molecule is CN=C(C(=O)NC1(C(N)=O)COC1)c1cc(OCc2ccccc2)ccc1N. The maximum Gasteiger partial charge on any atom is 0.271 e. The van der Waals surface area contributed by atoms with Crippen LogP contribution >= 0.6 is 0 Å². The molecule has 0 aromatic heterocycles. The van der Waals surface area contributed by atoms with Gasteiger partial charge in [0.25, 0.3) is 5.91 Å². The first kappa shape index (κ1) is 19.4. The number of nitrogen functional groups attached to an aromatic ring is 1. The number of primary amides is 1. The second-order valence-corrected chi connectivity index (χ2v) is 6.49. The molecule has 5 N–H and O–H groups in total. The normalized spacial score (nSPS) is 15.4. The standard InChI is InChI=1S/C20H22N4O4/c1-23-17(18(25)24-20(19(22)26)11-27-12-20)15-9-14(7-8-16(15)21)28-10-13-5-3-2-4-6-13/h2-9H,10-12,21H2,1H3,(H2,22,26)(H,24,25). The lowest BCUT2D eigenvalue weighted by Gasteiger charge is -2.38. The predicted molar refractivity (Wildman–Crippen MR) is 105 cm³/mol. The molecule has 0 aliphatic carbocycles. The Morgan fingerprint density at radius 3 is 2.50 bits per heavy atom. The van der Waals surface area contributed by atoms with Crippen molar-refractivity contribution in [3.63, 3.8) is 0 Å². The first-order chi connectivity index (χ1) is 13.4. The van der Waals surface area contributed by atoms with Crippen LogP contribution in [0.5, 0.6) is 5.75 Å². The third-order valence-electron chi connectivity index (χ3n) is 4.49. The number of benzene rings is 2. The topological polar surface area (TPSA) is 129 Å². The molecule has 1 fully saturated rings. The van der Waals surface area contributed by atoms with Crippen LogP contribution in [0.15, 0.2) is 53.5 Å². The highest BCUT2D eigenvalue weighted by Crippen LogP contribution is 2.23. The van der Waals surface area contributed by atoms with Crippen LogP contribution in [0, 0.1) is 0 Å². The predicted octanol–water partition coefficient (Wildman–Crippen LogP) is 0.637. The molecule has 2 amide bonds. The molecule has 2 aromatic rings. The number of nitrogens with one attached hydrogen (secondary N) is 1. The van der Waals surface area contributed by atoms with E-state index in [4.69, 9.17) is 20.9 Å². The summed E-state index contributed by atoms with van der Waals surface area (Å²) in [5.74, 6) is -0.675. The summed E-state index contributed by atoms with van der Waals surface area (Å²) in [6.07, 6.45) is 0. The van der Waals surface area contributed by atoms with Gasteiger partial charge in [-0.25, -0.2) is 0 Å². The van der Waals surface area contributed by atoms with Gasteiger partial charge in [0.05, 0.1) is 13.2 Å². The largest absolute Gasteiger partial charge is 0.489 e. The number of nitrogens with zero attached hydrogens (tertiary/aromatic N) is 1. The highest BCUT2D eigenvalue weighted by atomic mass is 16.5. The Hall–Kier alpha value is -3.39. The molecule has 3 rings (SSSR count). The Morgan fingerprint density at radius 2 is 1.93 bits per heavy atom. The Kier molecular flexibility index (Phi) is 5.60. The fraction of sp³-hybridized carbons (Fsp3) is 0.250. The zero-order chi connectivity index (χ0) is 20.1. The highest BCUT2D eigenvalue weighted by molar-refractivity contribution is 6.46. The summed E-state index contributed by atoms with van der Waals surface area (Å²) in [5.41, 5.74) is 12.1. The average Bonchev–Trinajstić information content (AvgIpc) is 2.66. The van der Waals surface area contributed by atoms with Crippen LogP contribution in [0.4, 0.5) is 5.69 Å². The summed E-state index contributed by atoms with van der Waals surface area (Å²) in [4.78, 5) is 28.5. The van der Waals surface area contributed by atoms with Crippen molar-refractivity contribution in [2.45, 2.75) is 12.1 Å². The molecular formula is C20H22N4O4. The molecule has 0 spiro atoms. The van der Waals surface area contributed by atoms with Gasteiger partial charge in [0.15, 0.2) is 5.54 Å². The molecule has 1 saturated heterocycles. The van der Waals surface area contributed by atoms with Crippen molar-refractivity contribution in [1.29, 1.82) is 0 Å². The van der Waals surface area contributed by atoms with Gasteiger partial charge in [0.2, 0.25) is 5.91 Å². The minimum atomic E-state index is -1.22. The lowest BCUT2D eigenvalue weighted by atomic mass is 9.95. The Morgan fingerprint density at radius 1 is 1.21 bits per heavy atom. The third-order valence-corrected chi connectivity index (χ3v) is 4.49. The molecule has 0 bridgehead atoms. The van der Waals surface area contributed by atoms with Gasteiger partial charge in [0.1, 0.15) is 18.1 Å². The van der Waals surface area contributed by atoms with E-state index in [2.05, 4.69) is 10.3 Å². The van der Waals surface area contributed by atoms with E-state index in [1.807, 2.05) is 30.3 Å². The Balaban J connectivity index is 1.78. The van der Waals surface area contributed by atoms with E-state index in [0.717, 1.165) is 5.56 Å². The molecule has 8 heteroatoms. The number of hydrogen-bond donors (Lipinski definition) is 3. The van der Waals surface area contributed by atoms with Crippen LogP contribution in [0.2, 0.25) is 0 Å². The molecule has 0 radical (unpaired) electrons. The number of rotatable bonds is 7. The number of carbonyl (C=O) groups excluding carboxylic acids is 2. The van der Waals surface area contributed by atoms with Gasteiger partial charge in [-0.2, -0.15) is 0 Å². The number of nitrogens with two attached hydrogens (primary N) is 2. The molecule has 0 unspecified atom stereocenters. The van der Waals surface area contributed by atoms with Crippen molar-refractivity contribution in [1.82, 2.24) is 5.32 Å². The van der Waals surface area contributed by atoms with Crippen LogP contribution in [0.3, 0.4) is 0 Å².